The monoisotopic (exact) mass is 269 g/mol. The first-order valence-electron chi connectivity index (χ1n) is 6.10. The van der Waals surface area contributed by atoms with Gasteiger partial charge in [-0.15, -0.1) is 0 Å². The number of hydrogen-bond acceptors (Lipinski definition) is 4. The molecule has 20 heavy (non-hydrogen) atoms. The first-order valence-corrected chi connectivity index (χ1v) is 6.10. The van der Waals surface area contributed by atoms with Crippen LogP contribution in [-0.4, -0.2) is 10.1 Å². The van der Waals surface area contributed by atoms with E-state index in [0.717, 1.165) is 5.56 Å². The Morgan fingerprint density at radius 1 is 1.20 bits per heavy atom. The van der Waals surface area contributed by atoms with E-state index in [4.69, 9.17) is 10.3 Å². The van der Waals surface area contributed by atoms with Gasteiger partial charge < -0.3 is 10.3 Å². The molecular formula is C15H12FN3O. The third-order valence-corrected chi connectivity index (χ3v) is 3.02. The predicted octanol–water partition coefficient (Wildman–Crippen LogP) is 3.43. The van der Waals surface area contributed by atoms with E-state index in [2.05, 4.69) is 10.1 Å². The highest BCUT2D eigenvalue weighted by Gasteiger charge is 2.20. The topological polar surface area (TPSA) is 64.9 Å². The fourth-order valence-corrected chi connectivity index (χ4v) is 2.07. The fourth-order valence-electron chi connectivity index (χ4n) is 2.07. The van der Waals surface area contributed by atoms with Gasteiger partial charge in [0.15, 0.2) is 0 Å². The number of rotatable bonds is 2. The SMILES string of the molecule is Cc1ccc(F)c(-c2noc(N)c2-c2ccccn2)c1. The van der Waals surface area contributed by atoms with E-state index >= 15 is 0 Å². The molecule has 0 saturated carbocycles. The summed E-state index contributed by atoms with van der Waals surface area (Å²) in [7, 11) is 0. The third kappa shape index (κ3) is 2.03. The number of nitrogen functional groups attached to an aromatic ring is 1. The van der Waals surface area contributed by atoms with Crippen molar-refractivity contribution in [2.75, 3.05) is 5.73 Å². The van der Waals surface area contributed by atoms with E-state index in [1.807, 2.05) is 13.0 Å². The van der Waals surface area contributed by atoms with Gasteiger partial charge in [0.05, 0.1) is 11.3 Å². The van der Waals surface area contributed by atoms with Crippen molar-refractivity contribution in [3.63, 3.8) is 0 Å². The molecular weight excluding hydrogens is 257 g/mol. The maximum absolute atomic E-state index is 14.0. The van der Waals surface area contributed by atoms with Gasteiger partial charge >= 0.3 is 0 Å². The van der Waals surface area contributed by atoms with Gasteiger partial charge in [0.1, 0.15) is 11.5 Å². The van der Waals surface area contributed by atoms with Crippen molar-refractivity contribution >= 4 is 5.88 Å². The van der Waals surface area contributed by atoms with Crippen molar-refractivity contribution in [2.24, 2.45) is 0 Å². The van der Waals surface area contributed by atoms with Gasteiger partial charge in [0.2, 0.25) is 5.88 Å². The summed E-state index contributed by atoms with van der Waals surface area (Å²) in [5.74, 6) is -0.249. The molecule has 3 aromatic rings. The normalized spacial score (nSPS) is 10.7. The Labute approximate surface area is 115 Å². The molecule has 0 radical (unpaired) electrons. The van der Waals surface area contributed by atoms with Gasteiger partial charge in [-0.1, -0.05) is 22.9 Å². The molecule has 0 aliphatic rings. The average molecular weight is 269 g/mol. The third-order valence-electron chi connectivity index (χ3n) is 3.02. The number of nitrogens with zero attached hydrogens (tertiary/aromatic N) is 2. The van der Waals surface area contributed by atoms with Crippen LogP contribution in [0.25, 0.3) is 22.5 Å². The molecule has 0 spiro atoms. The Kier molecular flexibility index (Phi) is 2.95. The minimum Gasteiger partial charge on any atom is -0.367 e. The Balaban J connectivity index is 2.24. The van der Waals surface area contributed by atoms with E-state index in [-0.39, 0.29) is 11.7 Å². The molecule has 0 bridgehead atoms. The molecule has 0 unspecified atom stereocenters. The van der Waals surface area contributed by atoms with E-state index < -0.39 is 0 Å². The summed E-state index contributed by atoms with van der Waals surface area (Å²) in [6, 6.07) is 10.2. The van der Waals surface area contributed by atoms with Gasteiger partial charge in [0, 0.05) is 11.8 Å². The van der Waals surface area contributed by atoms with Crippen LogP contribution in [0.1, 0.15) is 5.56 Å². The maximum atomic E-state index is 14.0. The largest absolute Gasteiger partial charge is 0.367 e. The number of halogens is 1. The van der Waals surface area contributed by atoms with Crippen LogP contribution in [0.15, 0.2) is 47.1 Å². The zero-order valence-corrected chi connectivity index (χ0v) is 10.8. The molecule has 0 aliphatic heterocycles. The Bertz CT molecular complexity index is 753. The molecule has 4 nitrogen and oxygen atoms in total. The minimum absolute atomic E-state index is 0.125. The summed E-state index contributed by atoms with van der Waals surface area (Å²) in [5, 5.41) is 3.88. The number of nitrogens with two attached hydrogens (primary N) is 1. The van der Waals surface area contributed by atoms with Crippen LogP contribution < -0.4 is 5.73 Å². The first-order chi connectivity index (χ1) is 9.66. The van der Waals surface area contributed by atoms with Crippen molar-refractivity contribution < 1.29 is 8.91 Å². The molecule has 2 N–H and O–H groups in total. The second kappa shape index (κ2) is 4.77. The lowest BCUT2D eigenvalue weighted by Crippen LogP contribution is -1.92. The van der Waals surface area contributed by atoms with Crippen LogP contribution in [0, 0.1) is 12.7 Å². The summed E-state index contributed by atoms with van der Waals surface area (Å²) < 4.78 is 19.0. The van der Waals surface area contributed by atoms with Gasteiger partial charge in [-0.2, -0.15) is 0 Å². The Hall–Kier alpha value is -2.69. The van der Waals surface area contributed by atoms with Crippen LogP contribution in [0.5, 0.6) is 0 Å². The van der Waals surface area contributed by atoms with E-state index in [9.17, 15) is 4.39 Å². The number of anilines is 1. The van der Waals surface area contributed by atoms with Gasteiger partial charge in [0.25, 0.3) is 0 Å². The Morgan fingerprint density at radius 3 is 2.80 bits per heavy atom. The molecule has 0 atom stereocenters. The zero-order valence-electron chi connectivity index (χ0n) is 10.8. The lowest BCUT2D eigenvalue weighted by atomic mass is 10.0. The van der Waals surface area contributed by atoms with Gasteiger partial charge in [-0.3, -0.25) is 4.98 Å². The fraction of sp³-hybridized carbons (Fsp3) is 0.0667. The number of aryl methyl sites for hydroxylation is 1. The maximum Gasteiger partial charge on any atom is 0.232 e. The summed E-state index contributed by atoms with van der Waals surface area (Å²) in [5.41, 5.74) is 8.56. The number of pyridine rings is 1. The molecule has 100 valence electrons. The standard InChI is InChI=1S/C15H12FN3O/c1-9-5-6-11(16)10(8-9)14-13(15(17)20-19-14)12-4-2-3-7-18-12/h2-8H,17H2,1H3. The number of benzene rings is 1. The highest BCUT2D eigenvalue weighted by molar-refractivity contribution is 5.85. The summed E-state index contributed by atoms with van der Waals surface area (Å²) in [4.78, 5) is 4.22. The molecule has 3 rings (SSSR count). The molecule has 2 heterocycles. The molecule has 0 saturated heterocycles. The average Bonchev–Trinajstić information content (AvgIpc) is 2.84. The lowest BCUT2D eigenvalue weighted by molar-refractivity contribution is 0.439. The summed E-state index contributed by atoms with van der Waals surface area (Å²) >= 11 is 0. The van der Waals surface area contributed by atoms with Crippen molar-refractivity contribution in [1.29, 1.82) is 0 Å². The van der Waals surface area contributed by atoms with Crippen molar-refractivity contribution in [1.82, 2.24) is 10.1 Å². The number of aromatic nitrogens is 2. The van der Waals surface area contributed by atoms with E-state index in [1.54, 1.807) is 30.5 Å². The molecule has 5 heteroatoms. The zero-order chi connectivity index (χ0) is 14.1. The summed E-state index contributed by atoms with van der Waals surface area (Å²) in [6.07, 6.45) is 1.64. The highest BCUT2D eigenvalue weighted by Crippen LogP contribution is 2.36. The molecule has 1 aromatic carbocycles. The second-order valence-corrected chi connectivity index (χ2v) is 4.47. The lowest BCUT2D eigenvalue weighted by Gasteiger charge is -2.04. The Morgan fingerprint density at radius 2 is 2.05 bits per heavy atom. The molecule has 0 amide bonds. The van der Waals surface area contributed by atoms with Crippen molar-refractivity contribution in [3.05, 3.63) is 54.0 Å². The smallest absolute Gasteiger partial charge is 0.232 e. The van der Waals surface area contributed by atoms with Crippen molar-refractivity contribution in [2.45, 2.75) is 6.92 Å². The van der Waals surface area contributed by atoms with Gasteiger partial charge in [-0.05, 0) is 31.2 Å². The minimum atomic E-state index is -0.374. The molecule has 0 fully saturated rings. The van der Waals surface area contributed by atoms with E-state index in [1.165, 1.54) is 6.07 Å². The first kappa shape index (κ1) is 12.3. The molecule has 2 aromatic heterocycles. The quantitative estimate of drug-likeness (QED) is 0.774. The van der Waals surface area contributed by atoms with Crippen LogP contribution >= 0.6 is 0 Å². The molecule has 0 aliphatic carbocycles. The van der Waals surface area contributed by atoms with Crippen LogP contribution in [-0.2, 0) is 0 Å². The van der Waals surface area contributed by atoms with Crippen molar-refractivity contribution in [3.8, 4) is 22.5 Å². The van der Waals surface area contributed by atoms with Gasteiger partial charge in [-0.25, -0.2) is 4.39 Å². The highest BCUT2D eigenvalue weighted by atomic mass is 19.1. The summed E-state index contributed by atoms with van der Waals surface area (Å²) in [6.45, 7) is 1.88. The number of hydrogen-bond donors (Lipinski definition) is 1. The van der Waals surface area contributed by atoms with E-state index in [0.29, 0.717) is 22.5 Å². The van der Waals surface area contributed by atoms with Crippen LogP contribution in [0.4, 0.5) is 10.3 Å². The van der Waals surface area contributed by atoms with Crippen LogP contribution in [0.3, 0.4) is 0 Å². The second-order valence-electron chi connectivity index (χ2n) is 4.47. The van der Waals surface area contributed by atoms with Crippen LogP contribution in [0.2, 0.25) is 0 Å². The predicted molar refractivity (Wildman–Crippen MR) is 74.3 cm³/mol.